The van der Waals surface area contributed by atoms with E-state index in [4.69, 9.17) is 4.74 Å². The lowest BCUT2D eigenvalue weighted by atomic mass is 9.90. The molecule has 1 heterocycles. The van der Waals surface area contributed by atoms with E-state index in [1.165, 1.54) is 56.4 Å². The number of anilines is 2. The van der Waals surface area contributed by atoms with Gasteiger partial charge >= 0.3 is 0 Å². The van der Waals surface area contributed by atoms with Crippen molar-refractivity contribution in [3.63, 3.8) is 0 Å². The van der Waals surface area contributed by atoms with Gasteiger partial charge in [0.2, 0.25) is 5.13 Å². The first-order valence-corrected chi connectivity index (χ1v) is 10.8. The Morgan fingerprint density at radius 1 is 1.07 bits per heavy atom. The van der Waals surface area contributed by atoms with E-state index in [2.05, 4.69) is 10.3 Å². The van der Waals surface area contributed by atoms with Crippen LogP contribution in [-0.4, -0.2) is 11.6 Å². The first kappa shape index (κ1) is 19.8. The fourth-order valence-electron chi connectivity index (χ4n) is 3.66. The van der Waals surface area contributed by atoms with Crippen molar-refractivity contribution in [3.8, 4) is 17.0 Å². The Morgan fingerprint density at radius 2 is 1.83 bits per heavy atom. The zero-order valence-corrected chi connectivity index (χ0v) is 17.2. The lowest BCUT2D eigenvalue weighted by molar-refractivity contribution is 0.208. The van der Waals surface area contributed by atoms with Gasteiger partial charge in [0.25, 0.3) is 0 Å². The second kappa shape index (κ2) is 8.91. The molecule has 1 aromatic heterocycles. The second-order valence-corrected chi connectivity index (χ2v) is 8.52. The van der Waals surface area contributed by atoms with Crippen LogP contribution in [0.3, 0.4) is 0 Å². The second-order valence-electron chi connectivity index (χ2n) is 7.57. The predicted molar refractivity (Wildman–Crippen MR) is 114 cm³/mol. The number of aromatic nitrogens is 1. The molecule has 1 fully saturated rings. The lowest BCUT2D eigenvalue weighted by Gasteiger charge is -2.22. The van der Waals surface area contributed by atoms with Crippen LogP contribution in [0.25, 0.3) is 11.3 Å². The maximum absolute atomic E-state index is 14.4. The summed E-state index contributed by atoms with van der Waals surface area (Å²) in [5.74, 6) is 1.12. The third kappa shape index (κ3) is 4.93. The number of rotatable bonds is 6. The van der Waals surface area contributed by atoms with E-state index in [-0.39, 0.29) is 11.5 Å². The molecule has 1 saturated carbocycles. The van der Waals surface area contributed by atoms with Gasteiger partial charge in [-0.2, -0.15) is 4.39 Å². The summed E-state index contributed by atoms with van der Waals surface area (Å²) >= 11 is 0.931. The molecular formula is C23H24F2N2OS. The van der Waals surface area contributed by atoms with Gasteiger partial charge in [0.05, 0.1) is 6.61 Å². The highest BCUT2D eigenvalue weighted by molar-refractivity contribution is 7.14. The molecule has 2 aromatic carbocycles. The van der Waals surface area contributed by atoms with E-state index < -0.39 is 5.13 Å². The predicted octanol–water partition coefficient (Wildman–Crippen LogP) is 7.10. The molecule has 4 rings (SSSR count). The fraction of sp³-hybridized carbons (Fsp3) is 0.348. The van der Waals surface area contributed by atoms with Gasteiger partial charge in [-0.3, -0.25) is 0 Å². The number of hydrogen-bond acceptors (Lipinski definition) is 4. The van der Waals surface area contributed by atoms with E-state index in [0.717, 1.165) is 34.9 Å². The third-order valence-corrected chi connectivity index (χ3v) is 6.10. The maximum Gasteiger partial charge on any atom is 0.206 e. The Morgan fingerprint density at radius 3 is 2.59 bits per heavy atom. The Bertz CT molecular complexity index is 966. The summed E-state index contributed by atoms with van der Waals surface area (Å²) in [6.45, 7) is 2.76. The van der Waals surface area contributed by atoms with Crippen molar-refractivity contribution < 1.29 is 13.5 Å². The minimum atomic E-state index is -0.403. The number of nitrogens with zero attached hydrogens (tertiary/aromatic N) is 1. The van der Waals surface area contributed by atoms with Crippen molar-refractivity contribution in [2.75, 3.05) is 11.9 Å². The minimum absolute atomic E-state index is 0.221. The van der Waals surface area contributed by atoms with Crippen molar-refractivity contribution in [2.45, 2.75) is 39.0 Å². The Labute approximate surface area is 173 Å². The first-order valence-electron chi connectivity index (χ1n) is 10.0. The van der Waals surface area contributed by atoms with E-state index in [9.17, 15) is 8.78 Å². The van der Waals surface area contributed by atoms with Gasteiger partial charge in [0.1, 0.15) is 17.3 Å². The van der Waals surface area contributed by atoms with E-state index in [1.54, 1.807) is 0 Å². The zero-order valence-electron chi connectivity index (χ0n) is 16.4. The van der Waals surface area contributed by atoms with Crippen LogP contribution in [0.15, 0.2) is 42.5 Å². The molecule has 0 amide bonds. The van der Waals surface area contributed by atoms with Crippen molar-refractivity contribution in [1.29, 1.82) is 0 Å². The van der Waals surface area contributed by atoms with Gasteiger partial charge in [0, 0.05) is 17.3 Å². The van der Waals surface area contributed by atoms with Gasteiger partial charge in [-0.1, -0.05) is 36.7 Å². The van der Waals surface area contributed by atoms with Gasteiger partial charge in [-0.15, -0.1) is 0 Å². The SMILES string of the molecule is Cc1ccc(Nc2nc(-c3ccc(F)cc3)c(F)s2)cc1OCC1CCCCC1. The highest BCUT2D eigenvalue weighted by Gasteiger charge is 2.16. The number of nitrogens with one attached hydrogen (secondary N) is 1. The topological polar surface area (TPSA) is 34.2 Å². The van der Waals surface area contributed by atoms with Crippen LogP contribution in [0.1, 0.15) is 37.7 Å². The van der Waals surface area contributed by atoms with Gasteiger partial charge in [0.15, 0.2) is 5.13 Å². The quantitative estimate of drug-likeness (QED) is 0.467. The van der Waals surface area contributed by atoms with Gasteiger partial charge < -0.3 is 10.1 Å². The largest absolute Gasteiger partial charge is 0.493 e. The Kier molecular flexibility index (Phi) is 6.09. The summed E-state index contributed by atoms with van der Waals surface area (Å²) in [6.07, 6.45) is 6.39. The molecule has 6 heteroatoms. The summed E-state index contributed by atoms with van der Waals surface area (Å²) in [6, 6.07) is 11.5. The molecule has 0 unspecified atom stereocenters. The Hall–Kier alpha value is -2.47. The lowest BCUT2D eigenvalue weighted by Crippen LogP contribution is -2.15. The molecular weight excluding hydrogens is 390 g/mol. The average Bonchev–Trinajstić information content (AvgIpc) is 3.09. The van der Waals surface area contributed by atoms with Crippen LogP contribution < -0.4 is 10.1 Å². The van der Waals surface area contributed by atoms with Crippen molar-refractivity contribution >= 4 is 22.2 Å². The molecule has 1 aliphatic rings. The normalized spacial score (nSPS) is 14.7. The summed E-state index contributed by atoms with van der Waals surface area (Å²) in [4.78, 5) is 4.35. The molecule has 29 heavy (non-hydrogen) atoms. The molecule has 0 bridgehead atoms. The number of thiazole rings is 1. The van der Waals surface area contributed by atoms with Crippen LogP contribution in [-0.2, 0) is 0 Å². The summed E-state index contributed by atoms with van der Waals surface area (Å²) in [7, 11) is 0. The van der Waals surface area contributed by atoms with E-state index in [0.29, 0.717) is 16.6 Å². The molecule has 1 N–H and O–H groups in total. The van der Waals surface area contributed by atoms with Gasteiger partial charge in [-0.05, 0) is 61.6 Å². The Balaban J connectivity index is 1.46. The molecule has 3 nitrogen and oxygen atoms in total. The number of halogens is 2. The summed E-state index contributed by atoms with van der Waals surface area (Å²) in [5.41, 5.74) is 2.64. The summed E-state index contributed by atoms with van der Waals surface area (Å²) < 4.78 is 33.6. The van der Waals surface area contributed by atoms with E-state index >= 15 is 0 Å². The van der Waals surface area contributed by atoms with Crippen LogP contribution in [0.5, 0.6) is 5.75 Å². The van der Waals surface area contributed by atoms with Crippen LogP contribution in [0.4, 0.5) is 19.6 Å². The standard InChI is InChI=1S/C23H24F2N2OS/c1-15-7-12-19(13-20(15)28-14-16-5-3-2-4-6-16)26-23-27-21(22(25)29-23)17-8-10-18(24)11-9-17/h7-13,16H,2-6,14H2,1H3,(H,26,27). The highest BCUT2D eigenvalue weighted by atomic mass is 32.1. The van der Waals surface area contributed by atoms with Crippen molar-refractivity contribution in [2.24, 2.45) is 5.92 Å². The smallest absolute Gasteiger partial charge is 0.206 e. The van der Waals surface area contributed by atoms with Crippen LogP contribution >= 0.6 is 11.3 Å². The van der Waals surface area contributed by atoms with Crippen molar-refractivity contribution in [3.05, 3.63) is 59.0 Å². The third-order valence-electron chi connectivity index (χ3n) is 5.34. The fourth-order valence-corrected chi connectivity index (χ4v) is 4.39. The number of hydrogen-bond donors (Lipinski definition) is 1. The minimum Gasteiger partial charge on any atom is -0.493 e. The van der Waals surface area contributed by atoms with Crippen molar-refractivity contribution in [1.82, 2.24) is 4.98 Å². The monoisotopic (exact) mass is 414 g/mol. The molecule has 0 aliphatic heterocycles. The number of aryl methyl sites for hydroxylation is 1. The number of benzene rings is 2. The van der Waals surface area contributed by atoms with E-state index in [1.807, 2.05) is 25.1 Å². The highest BCUT2D eigenvalue weighted by Crippen LogP contribution is 2.33. The number of ether oxygens (including phenoxy) is 1. The van der Waals surface area contributed by atoms with Crippen LogP contribution in [0.2, 0.25) is 0 Å². The van der Waals surface area contributed by atoms with Crippen LogP contribution in [0, 0.1) is 23.8 Å². The summed E-state index contributed by atoms with van der Waals surface area (Å²) in [5, 5.41) is 3.21. The molecule has 0 atom stereocenters. The first-order chi connectivity index (χ1) is 14.1. The molecule has 0 spiro atoms. The molecule has 0 radical (unpaired) electrons. The molecule has 152 valence electrons. The molecule has 0 saturated heterocycles. The molecule has 3 aromatic rings. The molecule has 1 aliphatic carbocycles. The van der Waals surface area contributed by atoms with Gasteiger partial charge in [-0.25, -0.2) is 9.37 Å². The zero-order chi connectivity index (χ0) is 20.2. The average molecular weight is 415 g/mol. The maximum atomic E-state index is 14.4.